The molecule has 0 saturated heterocycles. The number of rotatable bonds is 4. The number of ether oxygens (including phenoxy) is 1. The number of hydrogen-bond acceptors (Lipinski definition) is 1. The van der Waals surface area contributed by atoms with Gasteiger partial charge in [0.1, 0.15) is 6.67 Å². The molecule has 0 unspecified atom stereocenters. The molecule has 0 aliphatic carbocycles. The van der Waals surface area contributed by atoms with Gasteiger partial charge in [-0.25, -0.2) is 4.39 Å². The topological polar surface area (TPSA) is 9.23 Å². The van der Waals surface area contributed by atoms with Crippen LogP contribution in [0.2, 0.25) is 0 Å². The average molecular weight is 117 g/mol. The van der Waals surface area contributed by atoms with Crippen molar-refractivity contribution in [2.75, 3.05) is 19.9 Å². The number of hydrogen-bond donors (Lipinski definition) is 0. The summed E-state index contributed by atoms with van der Waals surface area (Å²) in [5.74, 6) is 0. The van der Waals surface area contributed by atoms with Gasteiger partial charge in [-0.05, 0) is 6.92 Å². The molecule has 1 radical (unpaired) electrons. The summed E-state index contributed by atoms with van der Waals surface area (Å²) < 4.78 is 16.0. The van der Waals surface area contributed by atoms with E-state index in [0.717, 1.165) is 0 Å². The molecule has 0 spiro atoms. The van der Waals surface area contributed by atoms with Crippen LogP contribution in [0.3, 0.4) is 0 Å². The van der Waals surface area contributed by atoms with Gasteiger partial charge in [-0.3, -0.25) is 0 Å². The first kappa shape index (κ1) is 7.63. The van der Waals surface area contributed by atoms with Gasteiger partial charge in [-0.2, -0.15) is 0 Å². The molecule has 47 valence electrons. The molecule has 0 rings (SSSR count). The van der Waals surface area contributed by atoms with Crippen molar-refractivity contribution in [3.8, 4) is 0 Å². The third-order valence-corrected chi connectivity index (χ3v) is 0.614. The average Bonchev–Trinajstić information content (AvgIpc) is 1.81. The lowest BCUT2D eigenvalue weighted by Crippen LogP contribution is -1.88. The van der Waals surface area contributed by atoms with E-state index in [9.17, 15) is 4.39 Å². The maximum atomic E-state index is 11.3. The molecule has 1 nitrogen and oxygen atoms in total. The van der Waals surface area contributed by atoms with E-state index in [1.807, 2.05) is 0 Å². The molecule has 0 aliphatic heterocycles. The van der Waals surface area contributed by atoms with Gasteiger partial charge in [0.2, 0.25) is 0 Å². The molecule has 0 aromatic carbocycles. The zero-order valence-corrected chi connectivity index (χ0v) is 4.77. The van der Waals surface area contributed by atoms with Crippen molar-refractivity contribution in [2.24, 2.45) is 0 Å². The van der Waals surface area contributed by atoms with Crippen molar-refractivity contribution in [3.63, 3.8) is 0 Å². The monoisotopic (exact) mass is 117 g/mol. The minimum absolute atomic E-state index is 0.416. The molecule has 0 N–H and O–H groups in total. The summed E-state index contributed by atoms with van der Waals surface area (Å²) in [4.78, 5) is 0. The molecule has 0 bridgehead atoms. The van der Waals surface area contributed by atoms with E-state index >= 15 is 0 Å². The van der Waals surface area contributed by atoms with Gasteiger partial charge >= 0.3 is 0 Å². The van der Waals surface area contributed by atoms with Crippen molar-refractivity contribution < 1.29 is 9.13 Å². The molecule has 2 heteroatoms. The first-order chi connectivity index (χ1) is 3.91. The maximum absolute atomic E-state index is 11.3. The van der Waals surface area contributed by atoms with Crippen molar-refractivity contribution >= 4 is 0 Å². The third kappa shape index (κ3) is 5.63. The molecule has 0 saturated carbocycles. The van der Waals surface area contributed by atoms with E-state index in [1.54, 1.807) is 6.08 Å². The van der Waals surface area contributed by atoms with Crippen molar-refractivity contribution in [1.82, 2.24) is 0 Å². The quantitative estimate of drug-likeness (QED) is 0.399. The maximum Gasteiger partial charge on any atom is 0.108 e. The summed E-state index contributed by atoms with van der Waals surface area (Å²) in [6.45, 7) is 3.92. The highest BCUT2D eigenvalue weighted by Gasteiger charge is 1.73. The van der Waals surface area contributed by atoms with Crippen LogP contribution in [0.5, 0.6) is 0 Å². The Hall–Kier alpha value is -0.370. The molecular weight excluding hydrogens is 107 g/mol. The highest BCUT2D eigenvalue weighted by Crippen LogP contribution is 1.76. The highest BCUT2D eigenvalue weighted by atomic mass is 19.1. The van der Waals surface area contributed by atoms with E-state index in [2.05, 4.69) is 6.92 Å². The Bertz CT molecular complexity index is 61.5. The predicted octanol–water partition coefficient (Wildman–Crippen LogP) is 1.36. The van der Waals surface area contributed by atoms with E-state index in [0.29, 0.717) is 13.2 Å². The third-order valence-electron chi connectivity index (χ3n) is 0.614. The molecule has 0 fully saturated rings. The van der Waals surface area contributed by atoms with Crippen LogP contribution in [0.1, 0.15) is 0 Å². The van der Waals surface area contributed by atoms with Gasteiger partial charge in [-0.1, -0.05) is 12.2 Å². The van der Waals surface area contributed by atoms with Crippen LogP contribution in [0.4, 0.5) is 4.39 Å². The largest absolute Gasteiger partial charge is 0.377 e. The lowest BCUT2D eigenvalue weighted by atomic mass is 10.5. The lowest BCUT2D eigenvalue weighted by Gasteiger charge is -1.89. The normalized spacial score (nSPS) is 10.8. The molecule has 0 atom stereocenters. The summed E-state index contributed by atoms with van der Waals surface area (Å²) in [5.41, 5.74) is 0. The zero-order chi connectivity index (χ0) is 6.24. The summed E-state index contributed by atoms with van der Waals surface area (Å²) >= 11 is 0. The molecule has 0 aromatic heterocycles. The van der Waals surface area contributed by atoms with Crippen LogP contribution >= 0.6 is 0 Å². The summed E-state index contributed by atoms with van der Waals surface area (Å²) in [6, 6.07) is 0. The van der Waals surface area contributed by atoms with Gasteiger partial charge < -0.3 is 4.74 Å². The van der Waals surface area contributed by atoms with Gasteiger partial charge in [-0.15, -0.1) is 0 Å². The van der Waals surface area contributed by atoms with Crippen molar-refractivity contribution in [1.29, 1.82) is 0 Å². The van der Waals surface area contributed by atoms with Crippen LogP contribution in [0, 0.1) is 6.92 Å². The Morgan fingerprint density at radius 2 is 2.25 bits per heavy atom. The van der Waals surface area contributed by atoms with E-state index in [-0.39, 0.29) is 0 Å². The van der Waals surface area contributed by atoms with Crippen LogP contribution in [-0.4, -0.2) is 19.9 Å². The van der Waals surface area contributed by atoms with E-state index in [4.69, 9.17) is 4.74 Å². The highest BCUT2D eigenvalue weighted by molar-refractivity contribution is 4.80. The summed E-state index contributed by atoms with van der Waals surface area (Å²) in [7, 11) is 0. The Balaban J connectivity index is 2.80. The second kappa shape index (κ2) is 6.63. The van der Waals surface area contributed by atoms with Crippen molar-refractivity contribution in [3.05, 3.63) is 19.1 Å². The second-order valence-electron chi connectivity index (χ2n) is 1.20. The zero-order valence-electron chi connectivity index (χ0n) is 4.77. The molecule has 0 aliphatic rings. The van der Waals surface area contributed by atoms with Gasteiger partial charge in [0.15, 0.2) is 0 Å². The molecule has 0 heterocycles. The van der Waals surface area contributed by atoms with E-state index < -0.39 is 6.67 Å². The summed E-state index contributed by atoms with van der Waals surface area (Å²) in [5, 5.41) is 0. The smallest absolute Gasteiger partial charge is 0.108 e. The Morgan fingerprint density at radius 3 is 2.75 bits per heavy atom. The lowest BCUT2D eigenvalue weighted by molar-refractivity contribution is 0.192. The SMILES string of the molecule is [CH2]COCC=CCF. The van der Waals surface area contributed by atoms with Gasteiger partial charge in [0.25, 0.3) is 0 Å². The molecule has 8 heavy (non-hydrogen) atoms. The van der Waals surface area contributed by atoms with Crippen LogP contribution in [0.25, 0.3) is 0 Å². The first-order valence-corrected chi connectivity index (χ1v) is 2.49. The Kier molecular flexibility index (Phi) is 6.32. The Morgan fingerprint density at radius 1 is 1.50 bits per heavy atom. The van der Waals surface area contributed by atoms with Crippen molar-refractivity contribution in [2.45, 2.75) is 0 Å². The minimum Gasteiger partial charge on any atom is -0.377 e. The predicted molar refractivity (Wildman–Crippen MR) is 31.3 cm³/mol. The first-order valence-electron chi connectivity index (χ1n) is 2.49. The summed E-state index contributed by atoms with van der Waals surface area (Å²) in [6.07, 6.45) is 3.04. The number of allylic oxidation sites excluding steroid dienone is 1. The fraction of sp³-hybridized carbons (Fsp3) is 0.500. The fourth-order valence-corrected chi connectivity index (χ4v) is 0.282. The molecule has 0 amide bonds. The van der Waals surface area contributed by atoms with Gasteiger partial charge in [0, 0.05) is 6.61 Å². The van der Waals surface area contributed by atoms with E-state index in [1.165, 1.54) is 6.08 Å². The standard InChI is InChI=1S/C6H10FO/c1-2-8-6-4-3-5-7/h3-4H,1-2,5-6H2. The van der Waals surface area contributed by atoms with Crippen LogP contribution in [0.15, 0.2) is 12.2 Å². The molecular formula is C6H10FO. The molecule has 0 aromatic rings. The number of alkyl halides is 1. The minimum atomic E-state index is -0.416. The number of halogens is 1. The fourth-order valence-electron chi connectivity index (χ4n) is 0.282. The van der Waals surface area contributed by atoms with Crippen LogP contribution < -0.4 is 0 Å². The van der Waals surface area contributed by atoms with Crippen LogP contribution in [-0.2, 0) is 4.74 Å². The Labute approximate surface area is 49.2 Å². The second-order valence-corrected chi connectivity index (χ2v) is 1.20. The van der Waals surface area contributed by atoms with Gasteiger partial charge in [0.05, 0.1) is 6.61 Å².